The number of urea groups is 1. The lowest BCUT2D eigenvalue weighted by molar-refractivity contribution is -0.123. The van der Waals surface area contributed by atoms with Gasteiger partial charge < -0.3 is 20.7 Å². The van der Waals surface area contributed by atoms with E-state index < -0.39 is 23.8 Å². The van der Waals surface area contributed by atoms with Gasteiger partial charge in [0.25, 0.3) is 5.91 Å². The van der Waals surface area contributed by atoms with Crippen molar-refractivity contribution in [3.63, 3.8) is 0 Å². The van der Waals surface area contributed by atoms with Gasteiger partial charge in [-0.25, -0.2) is 14.0 Å². The van der Waals surface area contributed by atoms with Crippen LogP contribution in [0, 0.1) is 5.82 Å². The summed E-state index contributed by atoms with van der Waals surface area (Å²) < 4.78 is 18.7. The first kappa shape index (κ1) is 21.9. The van der Waals surface area contributed by atoms with Gasteiger partial charge in [0, 0.05) is 12.6 Å². The van der Waals surface area contributed by atoms with Gasteiger partial charge in [-0.1, -0.05) is 24.3 Å². The van der Waals surface area contributed by atoms with Crippen molar-refractivity contribution in [2.75, 3.05) is 5.32 Å². The number of anilines is 1. The van der Waals surface area contributed by atoms with Crippen LogP contribution in [-0.2, 0) is 16.1 Å². The fraction of sp³-hybridized carbons (Fsp3) is 0.286. The Morgan fingerprint density at radius 2 is 1.66 bits per heavy atom. The summed E-state index contributed by atoms with van der Waals surface area (Å²) in [5, 5.41) is 7.79. The first-order valence-corrected chi connectivity index (χ1v) is 9.16. The number of esters is 1. The number of hydrogen-bond acceptors (Lipinski definition) is 4. The highest BCUT2D eigenvalue weighted by Crippen LogP contribution is 2.14. The average molecular weight is 401 g/mol. The summed E-state index contributed by atoms with van der Waals surface area (Å²) in [5.41, 5.74) is 1.07. The van der Waals surface area contributed by atoms with Crippen LogP contribution in [0.25, 0.3) is 0 Å². The summed E-state index contributed by atoms with van der Waals surface area (Å²) in [6, 6.07) is 11.9. The molecular formula is C21H24FN3O4. The number of hydrogen-bond donors (Lipinski definition) is 3. The van der Waals surface area contributed by atoms with Gasteiger partial charge >= 0.3 is 12.0 Å². The first-order chi connectivity index (χ1) is 13.8. The van der Waals surface area contributed by atoms with Crippen molar-refractivity contribution < 1.29 is 23.5 Å². The second-order valence-corrected chi connectivity index (χ2v) is 6.70. The maximum atomic E-state index is 13.6. The zero-order valence-corrected chi connectivity index (χ0v) is 16.5. The van der Waals surface area contributed by atoms with E-state index in [4.69, 9.17) is 4.74 Å². The van der Waals surface area contributed by atoms with Crippen molar-refractivity contribution in [1.82, 2.24) is 10.6 Å². The number of carbonyl (C=O) groups excluding carboxylic acids is 3. The molecule has 0 aliphatic heterocycles. The molecule has 0 bridgehead atoms. The van der Waals surface area contributed by atoms with Crippen molar-refractivity contribution in [2.45, 2.75) is 39.5 Å². The number of halogens is 1. The highest BCUT2D eigenvalue weighted by atomic mass is 19.1. The molecule has 7 nitrogen and oxygen atoms in total. The SMILES string of the molecule is CC(C)NC(=O)NCc1ccc(C(=O)O[C@@H](C)C(=O)Nc2ccccc2F)cc1. The number of benzene rings is 2. The molecular weight excluding hydrogens is 377 g/mol. The Balaban J connectivity index is 1.87. The fourth-order valence-electron chi connectivity index (χ4n) is 2.33. The molecule has 0 heterocycles. The minimum Gasteiger partial charge on any atom is -0.449 e. The molecule has 2 aromatic carbocycles. The van der Waals surface area contributed by atoms with E-state index in [1.807, 2.05) is 13.8 Å². The van der Waals surface area contributed by atoms with Crippen LogP contribution in [0.4, 0.5) is 14.9 Å². The Kier molecular flexibility index (Phi) is 7.70. The van der Waals surface area contributed by atoms with E-state index in [0.717, 1.165) is 5.56 Å². The van der Waals surface area contributed by atoms with E-state index >= 15 is 0 Å². The monoisotopic (exact) mass is 401 g/mol. The summed E-state index contributed by atoms with van der Waals surface area (Å²) in [7, 11) is 0. The molecule has 0 aromatic heterocycles. The van der Waals surface area contributed by atoms with Gasteiger partial charge in [-0.3, -0.25) is 4.79 Å². The lowest BCUT2D eigenvalue weighted by Gasteiger charge is -2.14. The second-order valence-electron chi connectivity index (χ2n) is 6.70. The zero-order chi connectivity index (χ0) is 21.4. The molecule has 8 heteroatoms. The number of para-hydroxylation sites is 1. The van der Waals surface area contributed by atoms with E-state index in [-0.39, 0.29) is 23.3 Å². The molecule has 1 atom stereocenters. The number of carbonyl (C=O) groups is 3. The molecule has 2 rings (SSSR count). The predicted octanol–water partition coefficient (Wildman–Crippen LogP) is 3.22. The van der Waals surface area contributed by atoms with Crippen LogP contribution in [0.15, 0.2) is 48.5 Å². The van der Waals surface area contributed by atoms with Crippen LogP contribution in [0.3, 0.4) is 0 Å². The Hall–Kier alpha value is -3.42. The van der Waals surface area contributed by atoms with Gasteiger partial charge in [0.2, 0.25) is 0 Å². The van der Waals surface area contributed by atoms with Crippen molar-refractivity contribution in [2.24, 2.45) is 0 Å². The summed E-state index contributed by atoms with van der Waals surface area (Å²) in [4.78, 5) is 35.9. The maximum absolute atomic E-state index is 13.6. The summed E-state index contributed by atoms with van der Waals surface area (Å²) in [6.07, 6.45) is -1.11. The van der Waals surface area contributed by atoms with Gasteiger partial charge in [0.1, 0.15) is 5.82 Å². The molecule has 0 unspecified atom stereocenters. The Labute approximate surface area is 168 Å². The molecule has 154 valence electrons. The van der Waals surface area contributed by atoms with Crippen LogP contribution < -0.4 is 16.0 Å². The largest absolute Gasteiger partial charge is 0.449 e. The van der Waals surface area contributed by atoms with E-state index in [2.05, 4.69) is 16.0 Å². The third-order valence-corrected chi connectivity index (χ3v) is 3.85. The van der Waals surface area contributed by atoms with E-state index in [9.17, 15) is 18.8 Å². The number of ether oxygens (including phenoxy) is 1. The molecule has 0 saturated heterocycles. The molecule has 0 fully saturated rings. The molecule has 0 radical (unpaired) electrons. The van der Waals surface area contributed by atoms with E-state index in [0.29, 0.717) is 6.54 Å². The molecule has 0 saturated carbocycles. The van der Waals surface area contributed by atoms with E-state index in [1.54, 1.807) is 30.3 Å². The molecule has 29 heavy (non-hydrogen) atoms. The number of amides is 3. The van der Waals surface area contributed by atoms with Crippen molar-refractivity contribution in [3.05, 3.63) is 65.5 Å². The third kappa shape index (κ3) is 6.91. The van der Waals surface area contributed by atoms with Crippen molar-refractivity contribution in [1.29, 1.82) is 0 Å². The first-order valence-electron chi connectivity index (χ1n) is 9.16. The van der Waals surface area contributed by atoms with Crippen LogP contribution in [0.5, 0.6) is 0 Å². The maximum Gasteiger partial charge on any atom is 0.338 e. The Morgan fingerprint density at radius 3 is 2.28 bits per heavy atom. The topological polar surface area (TPSA) is 96.5 Å². The van der Waals surface area contributed by atoms with Crippen LogP contribution in [0.2, 0.25) is 0 Å². The molecule has 0 aliphatic rings. The smallest absolute Gasteiger partial charge is 0.338 e. The van der Waals surface area contributed by atoms with Crippen molar-refractivity contribution >= 4 is 23.6 Å². The quantitative estimate of drug-likeness (QED) is 0.621. The number of nitrogens with one attached hydrogen (secondary N) is 3. The standard InChI is InChI=1S/C21H24FN3O4/c1-13(2)24-21(28)23-12-15-8-10-16(11-9-15)20(27)29-14(3)19(26)25-18-7-5-4-6-17(18)22/h4-11,13-14H,12H2,1-3H3,(H,25,26)(H2,23,24,28)/t14-/m0/s1. The average Bonchev–Trinajstić information content (AvgIpc) is 2.68. The lowest BCUT2D eigenvalue weighted by Crippen LogP contribution is -2.39. The Morgan fingerprint density at radius 1 is 1.00 bits per heavy atom. The molecule has 2 aromatic rings. The van der Waals surface area contributed by atoms with Crippen LogP contribution >= 0.6 is 0 Å². The minimum absolute atomic E-state index is 0.0127. The molecule has 3 N–H and O–H groups in total. The normalized spacial score (nSPS) is 11.5. The highest BCUT2D eigenvalue weighted by Gasteiger charge is 2.20. The van der Waals surface area contributed by atoms with E-state index in [1.165, 1.54) is 25.1 Å². The van der Waals surface area contributed by atoms with Gasteiger partial charge in [0.15, 0.2) is 6.10 Å². The van der Waals surface area contributed by atoms with Gasteiger partial charge in [-0.05, 0) is 50.6 Å². The van der Waals surface area contributed by atoms with Gasteiger partial charge in [0.05, 0.1) is 11.3 Å². The lowest BCUT2D eigenvalue weighted by atomic mass is 10.1. The van der Waals surface area contributed by atoms with Crippen molar-refractivity contribution in [3.8, 4) is 0 Å². The Bertz CT molecular complexity index is 868. The predicted molar refractivity (Wildman–Crippen MR) is 107 cm³/mol. The highest BCUT2D eigenvalue weighted by molar-refractivity contribution is 5.97. The number of rotatable bonds is 7. The molecule has 0 spiro atoms. The summed E-state index contributed by atoms with van der Waals surface area (Å²) in [5.74, 6) is -1.90. The zero-order valence-electron chi connectivity index (χ0n) is 16.5. The van der Waals surface area contributed by atoms with Crippen LogP contribution in [-0.4, -0.2) is 30.1 Å². The molecule has 0 aliphatic carbocycles. The molecule has 3 amide bonds. The third-order valence-electron chi connectivity index (χ3n) is 3.85. The second kappa shape index (κ2) is 10.2. The van der Waals surface area contributed by atoms with Gasteiger partial charge in [-0.15, -0.1) is 0 Å². The minimum atomic E-state index is -1.11. The van der Waals surface area contributed by atoms with Gasteiger partial charge in [-0.2, -0.15) is 0 Å². The summed E-state index contributed by atoms with van der Waals surface area (Å²) in [6.45, 7) is 5.42. The fourth-order valence-corrected chi connectivity index (χ4v) is 2.33. The van der Waals surface area contributed by atoms with Crippen LogP contribution in [0.1, 0.15) is 36.7 Å². The summed E-state index contributed by atoms with van der Waals surface area (Å²) >= 11 is 0.